The molecule has 2 amide bonds. The van der Waals surface area contributed by atoms with Crippen molar-refractivity contribution in [1.29, 1.82) is 0 Å². The molecule has 1 atom stereocenters. The SMILES string of the molecule is CCOc1ccccc1C(=O)NCC(=O)NCC(C)C(=O)O. The molecule has 0 heterocycles. The molecule has 0 spiro atoms. The molecule has 0 radical (unpaired) electrons. The number of nitrogens with one attached hydrogen (secondary N) is 2. The Bertz CT molecular complexity index is 544. The van der Waals surface area contributed by atoms with Gasteiger partial charge in [-0.15, -0.1) is 0 Å². The van der Waals surface area contributed by atoms with Crippen molar-refractivity contribution >= 4 is 17.8 Å². The third-order valence-electron chi connectivity index (χ3n) is 2.87. The van der Waals surface area contributed by atoms with E-state index in [1.165, 1.54) is 6.92 Å². The van der Waals surface area contributed by atoms with E-state index in [1.54, 1.807) is 24.3 Å². The van der Waals surface area contributed by atoms with Crippen LogP contribution in [0.3, 0.4) is 0 Å². The number of carbonyl (C=O) groups is 3. The van der Waals surface area contributed by atoms with Crippen LogP contribution in [-0.2, 0) is 9.59 Å². The van der Waals surface area contributed by atoms with Crippen molar-refractivity contribution in [2.24, 2.45) is 5.92 Å². The summed E-state index contributed by atoms with van der Waals surface area (Å²) in [5.74, 6) is -2.10. The predicted octanol–water partition coefficient (Wildman–Crippen LogP) is 0.652. The highest BCUT2D eigenvalue weighted by Gasteiger charge is 2.15. The summed E-state index contributed by atoms with van der Waals surface area (Å²) < 4.78 is 5.34. The molecule has 1 aromatic carbocycles. The number of rotatable bonds is 8. The Balaban J connectivity index is 2.49. The molecule has 0 aliphatic carbocycles. The molecule has 3 N–H and O–H groups in total. The van der Waals surface area contributed by atoms with Gasteiger partial charge < -0.3 is 20.5 Å². The minimum atomic E-state index is -0.991. The van der Waals surface area contributed by atoms with Crippen molar-refractivity contribution in [3.05, 3.63) is 29.8 Å². The van der Waals surface area contributed by atoms with Gasteiger partial charge in [-0.25, -0.2) is 0 Å². The lowest BCUT2D eigenvalue weighted by atomic mass is 10.2. The van der Waals surface area contributed by atoms with Gasteiger partial charge in [0.05, 0.1) is 24.6 Å². The maximum atomic E-state index is 12.0. The molecular formula is C15H20N2O5. The second-order valence-corrected chi connectivity index (χ2v) is 4.66. The predicted molar refractivity (Wildman–Crippen MR) is 79.8 cm³/mol. The summed E-state index contributed by atoms with van der Waals surface area (Å²) in [6.45, 7) is 3.51. The molecular weight excluding hydrogens is 288 g/mol. The second kappa shape index (κ2) is 8.66. The van der Waals surface area contributed by atoms with E-state index in [0.29, 0.717) is 17.9 Å². The first-order valence-corrected chi connectivity index (χ1v) is 6.95. The summed E-state index contributed by atoms with van der Waals surface area (Å²) in [7, 11) is 0. The van der Waals surface area contributed by atoms with Crippen LogP contribution in [0, 0.1) is 5.92 Å². The first-order valence-electron chi connectivity index (χ1n) is 6.95. The van der Waals surface area contributed by atoms with Gasteiger partial charge in [0.1, 0.15) is 5.75 Å². The highest BCUT2D eigenvalue weighted by molar-refractivity contribution is 5.98. The zero-order valence-electron chi connectivity index (χ0n) is 12.6. The van der Waals surface area contributed by atoms with Gasteiger partial charge in [0.15, 0.2) is 0 Å². The molecule has 1 aromatic rings. The first kappa shape index (κ1) is 17.5. The second-order valence-electron chi connectivity index (χ2n) is 4.66. The zero-order valence-corrected chi connectivity index (χ0v) is 12.6. The van der Waals surface area contributed by atoms with E-state index in [1.807, 2.05) is 6.92 Å². The van der Waals surface area contributed by atoms with Crippen molar-refractivity contribution in [2.75, 3.05) is 19.7 Å². The van der Waals surface area contributed by atoms with Gasteiger partial charge in [-0.3, -0.25) is 14.4 Å². The Kier molecular flexibility index (Phi) is 6.88. The van der Waals surface area contributed by atoms with Crippen molar-refractivity contribution in [1.82, 2.24) is 10.6 Å². The van der Waals surface area contributed by atoms with Crippen LogP contribution in [0.25, 0.3) is 0 Å². The minimum absolute atomic E-state index is 0.0135. The number of hydrogen-bond acceptors (Lipinski definition) is 4. The van der Waals surface area contributed by atoms with Crippen molar-refractivity contribution in [2.45, 2.75) is 13.8 Å². The topological polar surface area (TPSA) is 105 Å². The van der Waals surface area contributed by atoms with Crippen LogP contribution >= 0.6 is 0 Å². The third kappa shape index (κ3) is 5.43. The lowest BCUT2D eigenvalue weighted by molar-refractivity contribution is -0.141. The number of hydrogen-bond donors (Lipinski definition) is 3. The Hall–Kier alpha value is -2.57. The number of carboxylic acids is 1. The van der Waals surface area contributed by atoms with Crippen LogP contribution in [0.5, 0.6) is 5.75 Å². The summed E-state index contributed by atoms with van der Waals surface area (Å²) in [5.41, 5.74) is 0.344. The number of aliphatic carboxylic acids is 1. The normalized spacial score (nSPS) is 11.4. The molecule has 1 rings (SSSR count). The highest BCUT2D eigenvalue weighted by atomic mass is 16.5. The zero-order chi connectivity index (χ0) is 16.5. The Labute approximate surface area is 128 Å². The number of para-hydroxylation sites is 1. The number of benzene rings is 1. The van der Waals surface area contributed by atoms with E-state index in [9.17, 15) is 14.4 Å². The number of ether oxygens (including phenoxy) is 1. The highest BCUT2D eigenvalue weighted by Crippen LogP contribution is 2.17. The average molecular weight is 308 g/mol. The van der Waals surface area contributed by atoms with E-state index >= 15 is 0 Å². The van der Waals surface area contributed by atoms with E-state index < -0.39 is 23.7 Å². The fraction of sp³-hybridized carbons (Fsp3) is 0.400. The maximum Gasteiger partial charge on any atom is 0.308 e. The Morgan fingerprint density at radius 2 is 1.91 bits per heavy atom. The van der Waals surface area contributed by atoms with E-state index in [4.69, 9.17) is 9.84 Å². The standard InChI is InChI=1S/C15H20N2O5/c1-3-22-12-7-5-4-6-11(12)14(19)17-9-13(18)16-8-10(2)15(20)21/h4-7,10H,3,8-9H2,1-2H3,(H,16,18)(H,17,19)(H,20,21). The molecule has 22 heavy (non-hydrogen) atoms. The fourth-order valence-electron chi connectivity index (χ4n) is 1.61. The number of amides is 2. The van der Waals surface area contributed by atoms with E-state index in [-0.39, 0.29) is 13.1 Å². The quantitative estimate of drug-likeness (QED) is 0.654. The largest absolute Gasteiger partial charge is 0.493 e. The lowest BCUT2D eigenvalue weighted by Crippen LogP contribution is -2.39. The van der Waals surface area contributed by atoms with Crippen LogP contribution < -0.4 is 15.4 Å². The summed E-state index contributed by atoms with van der Waals surface area (Å²) in [4.78, 5) is 34.2. The van der Waals surface area contributed by atoms with Crippen LogP contribution in [-0.4, -0.2) is 42.6 Å². The van der Waals surface area contributed by atoms with E-state index in [2.05, 4.69) is 10.6 Å². The van der Waals surface area contributed by atoms with Gasteiger partial charge in [0, 0.05) is 6.54 Å². The molecule has 0 aliphatic rings. The van der Waals surface area contributed by atoms with Crippen molar-refractivity contribution in [3.63, 3.8) is 0 Å². The molecule has 0 bridgehead atoms. The van der Waals surface area contributed by atoms with Crippen LogP contribution in [0.4, 0.5) is 0 Å². The summed E-state index contributed by atoms with van der Waals surface area (Å²) in [6, 6.07) is 6.73. The number of carboxylic acid groups (broad SMARTS) is 1. The van der Waals surface area contributed by atoms with E-state index in [0.717, 1.165) is 0 Å². The van der Waals surface area contributed by atoms with Crippen LogP contribution in [0.1, 0.15) is 24.2 Å². The molecule has 7 nitrogen and oxygen atoms in total. The molecule has 0 aromatic heterocycles. The first-order chi connectivity index (χ1) is 10.5. The third-order valence-corrected chi connectivity index (χ3v) is 2.87. The average Bonchev–Trinajstić information content (AvgIpc) is 2.50. The van der Waals surface area contributed by atoms with Crippen LogP contribution in [0.2, 0.25) is 0 Å². The summed E-state index contributed by atoms with van der Waals surface area (Å²) in [6.07, 6.45) is 0. The maximum absolute atomic E-state index is 12.0. The molecule has 120 valence electrons. The lowest BCUT2D eigenvalue weighted by Gasteiger charge is -2.11. The fourth-order valence-corrected chi connectivity index (χ4v) is 1.61. The monoisotopic (exact) mass is 308 g/mol. The number of carbonyl (C=O) groups excluding carboxylic acids is 2. The van der Waals surface area contributed by atoms with Crippen molar-refractivity contribution in [3.8, 4) is 5.75 Å². The summed E-state index contributed by atoms with van der Waals surface area (Å²) >= 11 is 0. The van der Waals surface area contributed by atoms with Gasteiger partial charge in [-0.05, 0) is 19.1 Å². The molecule has 0 fully saturated rings. The molecule has 7 heteroatoms. The van der Waals surface area contributed by atoms with Gasteiger partial charge in [0.25, 0.3) is 5.91 Å². The van der Waals surface area contributed by atoms with Gasteiger partial charge in [-0.2, -0.15) is 0 Å². The van der Waals surface area contributed by atoms with Crippen LogP contribution in [0.15, 0.2) is 24.3 Å². The van der Waals surface area contributed by atoms with Gasteiger partial charge >= 0.3 is 5.97 Å². The molecule has 1 unspecified atom stereocenters. The van der Waals surface area contributed by atoms with Crippen molar-refractivity contribution < 1.29 is 24.2 Å². The molecule has 0 saturated heterocycles. The summed E-state index contributed by atoms with van der Waals surface area (Å²) in [5, 5.41) is 13.6. The Morgan fingerprint density at radius 1 is 1.23 bits per heavy atom. The molecule has 0 saturated carbocycles. The minimum Gasteiger partial charge on any atom is -0.493 e. The van der Waals surface area contributed by atoms with Gasteiger partial charge in [-0.1, -0.05) is 19.1 Å². The smallest absolute Gasteiger partial charge is 0.308 e. The molecule has 0 aliphatic heterocycles. The Morgan fingerprint density at radius 3 is 2.55 bits per heavy atom. The van der Waals surface area contributed by atoms with Gasteiger partial charge in [0.2, 0.25) is 5.91 Å².